The van der Waals surface area contributed by atoms with Crippen molar-refractivity contribution in [2.75, 3.05) is 13.1 Å². The molecule has 0 aliphatic rings. The molecule has 0 unspecified atom stereocenters. The van der Waals surface area contributed by atoms with Gasteiger partial charge in [-0.05, 0) is 19.5 Å². The molecule has 0 radical (unpaired) electrons. The second-order valence-corrected chi connectivity index (χ2v) is 4.02. The van der Waals surface area contributed by atoms with E-state index in [-0.39, 0.29) is 0 Å². The lowest BCUT2D eigenvalue weighted by Crippen LogP contribution is -2.16. The molecule has 92 valence electrons. The highest BCUT2D eigenvalue weighted by Gasteiger charge is 2.10. The zero-order chi connectivity index (χ0) is 12.3. The summed E-state index contributed by atoms with van der Waals surface area (Å²) in [5, 5.41) is 7.53. The van der Waals surface area contributed by atoms with Gasteiger partial charge in [-0.25, -0.2) is 4.98 Å². The van der Waals surface area contributed by atoms with Crippen LogP contribution in [0.3, 0.4) is 0 Å². The van der Waals surface area contributed by atoms with Gasteiger partial charge in [0.15, 0.2) is 11.7 Å². The SMILES string of the molecule is CCNCCc1ncc(-c2cc(C)nn2C)o1. The Morgan fingerprint density at radius 3 is 2.94 bits per heavy atom. The summed E-state index contributed by atoms with van der Waals surface area (Å²) in [6.07, 6.45) is 2.57. The molecule has 2 aromatic rings. The summed E-state index contributed by atoms with van der Waals surface area (Å²) in [5.41, 5.74) is 1.94. The van der Waals surface area contributed by atoms with Crippen molar-refractivity contribution in [2.45, 2.75) is 20.3 Å². The Bertz CT molecular complexity index is 486. The third-order valence-electron chi connectivity index (χ3n) is 2.57. The fraction of sp³-hybridized carbons (Fsp3) is 0.500. The topological polar surface area (TPSA) is 55.9 Å². The number of oxazole rings is 1. The monoisotopic (exact) mass is 234 g/mol. The van der Waals surface area contributed by atoms with Crippen LogP contribution >= 0.6 is 0 Å². The largest absolute Gasteiger partial charge is 0.439 e. The van der Waals surface area contributed by atoms with E-state index in [0.29, 0.717) is 0 Å². The van der Waals surface area contributed by atoms with Crippen molar-refractivity contribution in [3.63, 3.8) is 0 Å². The Kier molecular flexibility index (Phi) is 3.58. The smallest absolute Gasteiger partial charge is 0.196 e. The zero-order valence-electron chi connectivity index (χ0n) is 10.5. The summed E-state index contributed by atoms with van der Waals surface area (Å²) >= 11 is 0. The Labute approximate surface area is 101 Å². The van der Waals surface area contributed by atoms with Gasteiger partial charge in [-0.15, -0.1) is 0 Å². The van der Waals surface area contributed by atoms with Gasteiger partial charge in [-0.2, -0.15) is 5.10 Å². The minimum atomic E-state index is 0.764. The molecule has 0 atom stereocenters. The Morgan fingerprint density at radius 2 is 2.29 bits per heavy atom. The third-order valence-corrected chi connectivity index (χ3v) is 2.57. The number of hydrogen-bond donors (Lipinski definition) is 1. The molecular weight excluding hydrogens is 216 g/mol. The number of nitrogens with one attached hydrogen (secondary N) is 1. The minimum Gasteiger partial charge on any atom is -0.439 e. The highest BCUT2D eigenvalue weighted by atomic mass is 16.4. The average molecular weight is 234 g/mol. The summed E-state index contributed by atoms with van der Waals surface area (Å²) in [6, 6.07) is 1.99. The average Bonchev–Trinajstić information content (AvgIpc) is 2.86. The third kappa shape index (κ3) is 2.74. The molecule has 2 heterocycles. The molecule has 5 heteroatoms. The van der Waals surface area contributed by atoms with E-state index >= 15 is 0 Å². The van der Waals surface area contributed by atoms with Gasteiger partial charge in [0.2, 0.25) is 0 Å². The van der Waals surface area contributed by atoms with Crippen molar-refractivity contribution >= 4 is 0 Å². The van der Waals surface area contributed by atoms with Crippen molar-refractivity contribution in [3.05, 3.63) is 23.8 Å². The molecule has 0 saturated heterocycles. The molecule has 0 saturated carbocycles. The highest BCUT2D eigenvalue weighted by molar-refractivity contribution is 5.51. The van der Waals surface area contributed by atoms with Gasteiger partial charge in [0.05, 0.1) is 11.9 Å². The zero-order valence-corrected chi connectivity index (χ0v) is 10.5. The highest BCUT2D eigenvalue weighted by Crippen LogP contribution is 2.20. The fourth-order valence-corrected chi connectivity index (χ4v) is 1.76. The first-order valence-electron chi connectivity index (χ1n) is 5.87. The summed E-state index contributed by atoms with van der Waals surface area (Å²) in [6.45, 7) is 5.90. The number of aromatic nitrogens is 3. The van der Waals surface area contributed by atoms with Crippen LogP contribution in [0.25, 0.3) is 11.5 Å². The van der Waals surface area contributed by atoms with Gasteiger partial charge in [-0.3, -0.25) is 4.68 Å². The van der Waals surface area contributed by atoms with Crippen LogP contribution < -0.4 is 5.32 Å². The quantitative estimate of drug-likeness (QED) is 0.797. The molecule has 0 spiro atoms. The van der Waals surface area contributed by atoms with Crippen LogP contribution in [0, 0.1) is 6.92 Å². The molecule has 2 rings (SSSR count). The van der Waals surface area contributed by atoms with Gasteiger partial charge >= 0.3 is 0 Å². The normalized spacial score (nSPS) is 11.0. The maximum absolute atomic E-state index is 5.70. The molecule has 2 aromatic heterocycles. The van der Waals surface area contributed by atoms with Gasteiger partial charge < -0.3 is 9.73 Å². The Hall–Kier alpha value is -1.62. The molecule has 0 bridgehead atoms. The fourth-order valence-electron chi connectivity index (χ4n) is 1.76. The van der Waals surface area contributed by atoms with Gasteiger partial charge in [0.1, 0.15) is 5.69 Å². The van der Waals surface area contributed by atoms with Crippen LogP contribution in [0.15, 0.2) is 16.7 Å². The van der Waals surface area contributed by atoms with Crippen molar-refractivity contribution in [3.8, 4) is 11.5 Å². The number of hydrogen-bond acceptors (Lipinski definition) is 4. The van der Waals surface area contributed by atoms with E-state index < -0.39 is 0 Å². The van der Waals surface area contributed by atoms with E-state index in [2.05, 4.69) is 22.3 Å². The van der Waals surface area contributed by atoms with Crippen LogP contribution in [0.1, 0.15) is 18.5 Å². The molecule has 5 nitrogen and oxygen atoms in total. The van der Waals surface area contributed by atoms with E-state index in [4.69, 9.17) is 4.42 Å². The molecule has 0 fully saturated rings. The van der Waals surface area contributed by atoms with Crippen molar-refractivity contribution in [1.82, 2.24) is 20.1 Å². The summed E-state index contributed by atoms with van der Waals surface area (Å²) in [5.74, 6) is 1.54. The van der Waals surface area contributed by atoms with Crippen LogP contribution in [-0.2, 0) is 13.5 Å². The van der Waals surface area contributed by atoms with Gasteiger partial charge in [0, 0.05) is 20.0 Å². The number of rotatable bonds is 5. The molecule has 17 heavy (non-hydrogen) atoms. The maximum Gasteiger partial charge on any atom is 0.196 e. The molecule has 0 aliphatic carbocycles. The van der Waals surface area contributed by atoms with E-state index in [1.807, 2.05) is 24.7 Å². The van der Waals surface area contributed by atoms with Crippen LogP contribution in [0.5, 0.6) is 0 Å². The predicted molar refractivity (Wildman–Crippen MR) is 65.7 cm³/mol. The van der Waals surface area contributed by atoms with Crippen molar-refractivity contribution < 1.29 is 4.42 Å². The lowest BCUT2D eigenvalue weighted by Gasteiger charge is -1.98. The number of aryl methyl sites for hydroxylation is 2. The molecule has 1 N–H and O–H groups in total. The van der Waals surface area contributed by atoms with E-state index in [1.165, 1.54) is 0 Å². The first-order chi connectivity index (χ1) is 8.20. The second-order valence-electron chi connectivity index (χ2n) is 4.02. The minimum absolute atomic E-state index is 0.764. The van der Waals surface area contributed by atoms with Crippen LogP contribution in [0.4, 0.5) is 0 Å². The van der Waals surface area contributed by atoms with E-state index in [9.17, 15) is 0 Å². The first kappa shape index (κ1) is 11.9. The van der Waals surface area contributed by atoms with Crippen molar-refractivity contribution in [1.29, 1.82) is 0 Å². The molecule has 0 amide bonds. The predicted octanol–water partition coefficient (Wildman–Crippen LogP) is 1.54. The van der Waals surface area contributed by atoms with Crippen LogP contribution in [0.2, 0.25) is 0 Å². The van der Waals surface area contributed by atoms with Gasteiger partial charge in [-0.1, -0.05) is 6.92 Å². The Balaban J connectivity index is 2.10. The number of nitrogens with zero attached hydrogens (tertiary/aromatic N) is 3. The summed E-state index contributed by atoms with van der Waals surface area (Å²) < 4.78 is 7.51. The number of likely N-dealkylation sites (N-methyl/N-ethyl adjacent to an activating group) is 1. The van der Waals surface area contributed by atoms with E-state index in [0.717, 1.165) is 42.5 Å². The molecule has 0 aromatic carbocycles. The molecule has 0 aliphatic heterocycles. The first-order valence-corrected chi connectivity index (χ1v) is 5.87. The molecular formula is C12H18N4O. The maximum atomic E-state index is 5.70. The summed E-state index contributed by atoms with van der Waals surface area (Å²) in [4.78, 5) is 4.27. The Morgan fingerprint density at radius 1 is 1.47 bits per heavy atom. The van der Waals surface area contributed by atoms with Crippen molar-refractivity contribution in [2.24, 2.45) is 7.05 Å². The lowest BCUT2D eigenvalue weighted by atomic mass is 10.3. The summed E-state index contributed by atoms with van der Waals surface area (Å²) in [7, 11) is 1.91. The van der Waals surface area contributed by atoms with Gasteiger partial charge in [0.25, 0.3) is 0 Å². The standard InChI is InChI=1S/C12H18N4O/c1-4-13-6-5-12-14-8-11(17-12)10-7-9(2)15-16(10)3/h7-8,13H,4-6H2,1-3H3. The van der Waals surface area contributed by atoms with Crippen LogP contribution in [-0.4, -0.2) is 27.9 Å². The second kappa shape index (κ2) is 5.14. The lowest BCUT2D eigenvalue weighted by molar-refractivity contribution is 0.493. The van der Waals surface area contributed by atoms with E-state index in [1.54, 1.807) is 6.20 Å².